The van der Waals surface area contributed by atoms with Gasteiger partial charge in [-0.25, -0.2) is 4.79 Å². The molecule has 2 aromatic carbocycles. The fraction of sp³-hybridized carbons (Fsp3) is 0.458. The molecule has 1 heterocycles. The van der Waals surface area contributed by atoms with Gasteiger partial charge in [-0.2, -0.15) is 0 Å². The average molecular weight is 410 g/mol. The zero-order chi connectivity index (χ0) is 22.1. The van der Waals surface area contributed by atoms with Gasteiger partial charge in [-0.3, -0.25) is 14.5 Å². The van der Waals surface area contributed by atoms with Crippen LogP contribution in [0.4, 0.5) is 4.79 Å². The molecule has 0 aliphatic carbocycles. The second-order valence-electron chi connectivity index (χ2n) is 9.06. The molecule has 1 aliphatic rings. The Morgan fingerprint density at radius 1 is 1.00 bits per heavy atom. The summed E-state index contributed by atoms with van der Waals surface area (Å²) in [5.41, 5.74) is -0.478. The van der Waals surface area contributed by atoms with E-state index in [1.807, 2.05) is 70.2 Å². The Labute approximate surface area is 178 Å². The molecule has 3 rings (SSSR count). The molecule has 1 N–H and O–H groups in total. The number of benzene rings is 2. The number of hydrogen-bond donors (Lipinski definition) is 1. The summed E-state index contributed by atoms with van der Waals surface area (Å²) in [6.45, 7) is 10.8. The van der Waals surface area contributed by atoms with Crippen molar-refractivity contribution in [2.24, 2.45) is 11.8 Å². The van der Waals surface area contributed by atoms with Crippen LogP contribution >= 0.6 is 0 Å². The lowest BCUT2D eigenvalue weighted by Crippen LogP contribution is -2.46. The zero-order valence-corrected chi connectivity index (χ0v) is 18.4. The van der Waals surface area contributed by atoms with E-state index in [0.29, 0.717) is 24.9 Å². The highest BCUT2D eigenvalue weighted by molar-refractivity contribution is 6.10. The van der Waals surface area contributed by atoms with Gasteiger partial charge in [-0.1, -0.05) is 70.2 Å². The molecular weight excluding hydrogens is 378 g/mol. The molecule has 0 radical (unpaired) electrons. The maximum Gasteiger partial charge on any atom is 0.325 e. The van der Waals surface area contributed by atoms with E-state index in [2.05, 4.69) is 5.32 Å². The van der Waals surface area contributed by atoms with E-state index in [1.165, 1.54) is 0 Å². The Hall–Kier alpha value is -2.89. The van der Waals surface area contributed by atoms with Crippen molar-refractivity contribution in [2.45, 2.75) is 40.2 Å². The van der Waals surface area contributed by atoms with Crippen LogP contribution in [0, 0.1) is 11.8 Å². The highest BCUT2D eigenvalue weighted by atomic mass is 16.2. The van der Waals surface area contributed by atoms with Crippen LogP contribution in [0.25, 0.3) is 10.8 Å². The number of fused-ring (bicyclic) bond motifs is 1. The first-order valence-corrected chi connectivity index (χ1v) is 10.5. The lowest BCUT2D eigenvalue weighted by Gasteiger charge is -2.28. The molecule has 160 valence electrons. The van der Waals surface area contributed by atoms with Gasteiger partial charge >= 0.3 is 6.03 Å². The van der Waals surface area contributed by atoms with Crippen molar-refractivity contribution in [1.29, 1.82) is 0 Å². The topological polar surface area (TPSA) is 69.7 Å². The maximum absolute atomic E-state index is 13.4. The van der Waals surface area contributed by atoms with E-state index >= 15 is 0 Å². The lowest BCUT2D eigenvalue weighted by atomic mass is 9.88. The van der Waals surface area contributed by atoms with Crippen molar-refractivity contribution >= 4 is 28.6 Å². The number of amides is 4. The Bertz CT molecular complexity index is 954. The number of nitrogens with one attached hydrogen (secondary N) is 1. The third-order valence-corrected chi connectivity index (χ3v) is 5.42. The second-order valence-corrected chi connectivity index (χ2v) is 9.06. The van der Waals surface area contributed by atoms with Crippen molar-refractivity contribution in [3.63, 3.8) is 0 Å². The largest absolute Gasteiger partial charge is 0.341 e. The number of carbonyl (C=O) groups excluding carboxylic acids is 3. The Balaban J connectivity index is 1.87. The van der Waals surface area contributed by atoms with E-state index in [0.717, 1.165) is 21.2 Å². The van der Waals surface area contributed by atoms with Crippen LogP contribution in [0.2, 0.25) is 0 Å². The number of nitrogens with zero attached hydrogens (tertiary/aromatic N) is 2. The first-order valence-electron chi connectivity index (χ1n) is 10.5. The van der Waals surface area contributed by atoms with Crippen molar-refractivity contribution in [1.82, 2.24) is 15.1 Å². The number of rotatable bonds is 7. The van der Waals surface area contributed by atoms with Gasteiger partial charge in [0.2, 0.25) is 5.91 Å². The maximum atomic E-state index is 13.4. The van der Waals surface area contributed by atoms with E-state index in [-0.39, 0.29) is 12.5 Å². The fourth-order valence-corrected chi connectivity index (χ4v) is 4.08. The molecule has 30 heavy (non-hydrogen) atoms. The molecule has 0 unspecified atom stereocenters. The van der Waals surface area contributed by atoms with Crippen LogP contribution in [0.5, 0.6) is 0 Å². The van der Waals surface area contributed by atoms with Crippen LogP contribution in [-0.4, -0.2) is 47.3 Å². The van der Waals surface area contributed by atoms with Crippen molar-refractivity contribution in [3.05, 3.63) is 48.0 Å². The Kier molecular flexibility index (Phi) is 6.15. The first-order chi connectivity index (χ1) is 14.1. The van der Waals surface area contributed by atoms with Gasteiger partial charge in [-0.05, 0) is 35.1 Å². The second kappa shape index (κ2) is 8.46. The molecule has 4 amide bonds. The van der Waals surface area contributed by atoms with Crippen LogP contribution in [0.1, 0.15) is 40.2 Å². The summed E-state index contributed by atoms with van der Waals surface area (Å²) in [6, 6.07) is 12.9. The molecule has 1 aliphatic heterocycles. The minimum Gasteiger partial charge on any atom is -0.341 e. The van der Waals surface area contributed by atoms with Crippen LogP contribution in [0.3, 0.4) is 0 Å². The molecule has 1 atom stereocenters. The summed E-state index contributed by atoms with van der Waals surface area (Å²) in [7, 11) is 0. The highest BCUT2D eigenvalue weighted by Crippen LogP contribution is 2.33. The molecule has 2 aromatic rings. The van der Waals surface area contributed by atoms with Crippen LogP contribution in [0.15, 0.2) is 42.5 Å². The first kappa shape index (κ1) is 21.8. The summed E-state index contributed by atoms with van der Waals surface area (Å²) >= 11 is 0. The summed E-state index contributed by atoms with van der Waals surface area (Å²) in [5, 5.41) is 4.73. The fourth-order valence-electron chi connectivity index (χ4n) is 4.08. The van der Waals surface area contributed by atoms with Gasteiger partial charge in [0.05, 0.1) is 0 Å². The Morgan fingerprint density at radius 2 is 1.60 bits per heavy atom. The molecule has 0 bridgehead atoms. The number of hydrogen-bond acceptors (Lipinski definition) is 3. The minimum absolute atomic E-state index is 0.205. The van der Waals surface area contributed by atoms with Gasteiger partial charge in [0, 0.05) is 13.1 Å². The molecule has 1 fully saturated rings. The van der Waals surface area contributed by atoms with Gasteiger partial charge in [0.15, 0.2) is 0 Å². The number of urea groups is 1. The number of carbonyl (C=O) groups is 3. The molecule has 0 saturated carbocycles. The third-order valence-electron chi connectivity index (χ3n) is 5.42. The molecule has 1 saturated heterocycles. The van der Waals surface area contributed by atoms with Gasteiger partial charge in [0.25, 0.3) is 5.91 Å². The van der Waals surface area contributed by atoms with E-state index < -0.39 is 17.5 Å². The quantitative estimate of drug-likeness (QED) is 0.708. The van der Waals surface area contributed by atoms with Gasteiger partial charge < -0.3 is 10.2 Å². The van der Waals surface area contributed by atoms with Crippen molar-refractivity contribution in [3.8, 4) is 0 Å². The predicted molar refractivity (Wildman–Crippen MR) is 118 cm³/mol. The van der Waals surface area contributed by atoms with Crippen LogP contribution < -0.4 is 5.32 Å². The van der Waals surface area contributed by atoms with Gasteiger partial charge in [0.1, 0.15) is 12.1 Å². The molecule has 6 nitrogen and oxygen atoms in total. The van der Waals surface area contributed by atoms with E-state index in [1.54, 1.807) is 11.8 Å². The van der Waals surface area contributed by atoms with Crippen molar-refractivity contribution in [2.75, 3.05) is 19.6 Å². The normalized spacial score (nSPS) is 19.1. The highest BCUT2D eigenvalue weighted by Gasteiger charge is 2.50. The van der Waals surface area contributed by atoms with E-state index in [4.69, 9.17) is 0 Å². The summed E-state index contributed by atoms with van der Waals surface area (Å²) in [4.78, 5) is 41.9. The third kappa shape index (κ3) is 4.18. The van der Waals surface area contributed by atoms with Crippen molar-refractivity contribution < 1.29 is 14.4 Å². The minimum atomic E-state index is -1.21. The van der Waals surface area contributed by atoms with E-state index in [9.17, 15) is 14.4 Å². The summed E-state index contributed by atoms with van der Waals surface area (Å²) in [6.07, 6.45) is 0. The van der Waals surface area contributed by atoms with Gasteiger partial charge in [-0.15, -0.1) is 0 Å². The van der Waals surface area contributed by atoms with Crippen LogP contribution in [-0.2, 0) is 15.1 Å². The SMILES string of the molecule is CC(C)CN(CC(C)C)C(=O)CN1C(=O)N[C@@](C)(c2cccc3ccccc23)C1=O. The predicted octanol–water partition coefficient (Wildman–Crippen LogP) is 3.75. The Morgan fingerprint density at radius 3 is 2.23 bits per heavy atom. The molecule has 0 spiro atoms. The zero-order valence-electron chi connectivity index (χ0n) is 18.4. The molecule has 6 heteroatoms. The monoisotopic (exact) mass is 409 g/mol. The smallest absolute Gasteiger partial charge is 0.325 e. The summed E-state index contributed by atoms with van der Waals surface area (Å²) in [5.74, 6) is 0.00262. The number of imide groups is 1. The summed E-state index contributed by atoms with van der Waals surface area (Å²) < 4.78 is 0. The molecule has 0 aromatic heterocycles. The standard InChI is InChI=1S/C24H31N3O3/c1-16(2)13-26(14-17(3)4)21(28)15-27-22(29)24(5,25-23(27)30)20-12-8-10-18-9-6-7-11-19(18)20/h6-12,16-17H,13-15H2,1-5H3,(H,25,30)/t24-/m0/s1. The molecular formula is C24H31N3O3. The average Bonchev–Trinajstić information content (AvgIpc) is 2.90. The lowest BCUT2D eigenvalue weighted by molar-refractivity contribution is -0.139.